The SMILES string of the molecule is CC(C)CC(N)(C(=O)O)[C@H]1C[C@@H]1C(=O)O. The zero-order valence-corrected chi connectivity index (χ0v) is 8.93. The second kappa shape index (κ2) is 3.81. The summed E-state index contributed by atoms with van der Waals surface area (Å²) in [6.07, 6.45) is 0.696. The summed E-state index contributed by atoms with van der Waals surface area (Å²) in [6.45, 7) is 3.76. The molecule has 0 bridgehead atoms. The molecule has 0 aromatic carbocycles. The number of nitrogens with two attached hydrogens (primary N) is 1. The van der Waals surface area contributed by atoms with Crippen LogP contribution in [0.4, 0.5) is 0 Å². The zero-order valence-electron chi connectivity index (χ0n) is 8.93. The molecule has 0 aromatic heterocycles. The lowest BCUT2D eigenvalue weighted by atomic mass is 9.84. The molecule has 1 rings (SSSR count). The van der Waals surface area contributed by atoms with E-state index in [0.29, 0.717) is 12.8 Å². The molecular weight excluding hydrogens is 198 g/mol. The van der Waals surface area contributed by atoms with Crippen LogP contribution in [-0.2, 0) is 9.59 Å². The Bertz CT molecular complexity index is 289. The molecule has 15 heavy (non-hydrogen) atoms. The number of hydrogen-bond acceptors (Lipinski definition) is 3. The first-order valence-electron chi connectivity index (χ1n) is 5.04. The van der Waals surface area contributed by atoms with Crippen LogP contribution in [0.1, 0.15) is 26.7 Å². The first-order chi connectivity index (χ1) is 6.79. The molecule has 0 aliphatic heterocycles. The van der Waals surface area contributed by atoms with Gasteiger partial charge < -0.3 is 15.9 Å². The minimum atomic E-state index is -1.38. The summed E-state index contributed by atoms with van der Waals surface area (Å²) in [7, 11) is 0. The number of aliphatic carboxylic acids is 2. The molecule has 5 heteroatoms. The fourth-order valence-electron chi connectivity index (χ4n) is 2.11. The molecule has 1 saturated carbocycles. The molecule has 0 spiro atoms. The van der Waals surface area contributed by atoms with Gasteiger partial charge in [-0.2, -0.15) is 0 Å². The van der Waals surface area contributed by atoms with Gasteiger partial charge in [0.15, 0.2) is 0 Å². The summed E-state index contributed by atoms with van der Waals surface area (Å²) < 4.78 is 0. The van der Waals surface area contributed by atoms with Gasteiger partial charge >= 0.3 is 11.9 Å². The van der Waals surface area contributed by atoms with Gasteiger partial charge in [0, 0.05) is 5.92 Å². The molecule has 5 nitrogen and oxygen atoms in total. The van der Waals surface area contributed by atoms with E-state index < -0.39 is 29.3 Å². The lowest BCUT2D eigenvalue weighted by Crippen LogP contribution is -2.51. The molecule has 1 fully saturated rings. The van der Waals surface area contributed by atoms with Gasteiger partial charge in [0.1, 0.15) is 5.54 Å². The standard InChI is InChI=1S/C10H17NO4/c1-5(2)4-10(11,9(14)15)7-3-6(7)8(12)13/h5-7H,3-4,11H2,1-2H3,(H,12,13)(H,14,15)/t6-,7-,10?/m0/s1. The van der Waals surface area contributed by atoms with Crippen molar-refractivity contribution < 1.29 is 19.8 Å². The third-order valence-corrected chi connectivity index (χ3v) is 2.91. The topological polar surface area (TPSA) is 101 Å². The molecule has 1 unspecified atom stereocenters. The van der Waals surface area contributed by atoms with E-state index in [1.165, 1.54) is 0 Å². The van der Waals surface area contributed by atoms with Crippen LogP contribution in [0.5, 0.6) is 0 Å². The largest absolute Gasteiger partial charge is 0.481 e. The highest BCUT2D eigenvalue weighted by Gasteiger charge is 2.58. The summed E-state index contributed by atoms with van der Waals surface area (Å²) in [5.41, 5.74) is 4.43. The molecule has 0 saturated heterocycles. The number of carbonyl (C=O) groups is 2. The van der Waals surface area contributed by atoms with Crippen LogP contribution in [0, 0.1) is 17.8 Å². The molecule has 4 N–H and O–H groups in total. The van der Waals surface area contributed by atoms with Crippen molar-refractivity contribution in [2.45, 2.75) is 32.2 Å². The van der Waals surface area contributed by atoms with E-state index >= 15 is 0 Å². The van der Waals surface area contributed by atoms with Crippen molar-refractivity contribution in [3.63, 3.8) is 0 Å². The van der Waals surface area contributed by atoms with Crippen molar-refractivity contribution in [3.8, 4) is 0 Å². The van der Waals surface area contributed by atoms with E-state index in [0.717, 1.165) is 0 Å². The van der Waals surface area contributed by atoms with Crippen LogP contribution >= 0.6 is 0 Å². The van der Waals surface area contributed by atoms with Gasteiger partial charge in [0.2, 0.25) is 0 Å². The van der Waals surface area contributed by atoms with Crippen molar-refractivity contribution in [1.82, 2.24) is 0 Å². The zero-order chi connectivity index (χ0) is 11.8. The fourth-order valence-corrected chi connectivity index (χ4v) is 2.11. The van der Waals surface area contributed by atoms with Crippen LogP contribution in [0.15, 0.2) is 0 Å². The third-order valence-electron chi connectivity index (χ3n) is 2.91. The highest BCUT2D eigenvalue weighted by atomic mass is 16.4. The van der Waals surface area contributed by atoms with E-state index in [2.05, 4.69) is 0 Å². The maximum Gasteiger partial charge on any atom is 0.324 e. The van der Waals surface area contributed by atoms with E-state index in [1.54, 1.807) is 0 Å². The van der Waals surface area contributed by atoms with Crippen molar-refractivity contribution >= 4 is 11.9 Å². The lowest BCUT2D eigenvalue weighted by Gasteiger charge is -2.26. The fraction of sp³-hybridized carbons (Fsp3) is 0.800. The van der Waals surface area contributed by atoms with Gasteiger partial charge in [-0.15, -0.1) is 0 Å². The first kappa shape index (κ1) is 12.0. The molecule has 0 amide bonds. The van der Waals surface area contributed by atoms with Crippen LogP contribution < -0.4 is 5.73 Å². The Morgan fingerprint density at radius 1 is 1.47 bits per heavy atom. The predicted molar refractivity (Wildman–Crippen MR) is 53.2 cm³/mol. The van der Waals surface area contributed by atoms with Crippen molar-refractivity contribution in [1.29, 1.82) is 0 Å². The van der Waals surface area contributed by atoms with Gasteiger partial charge in [0.05, 0.1) is 5.92 Å². The minimum absolute atomic E-state index is 0.140. The third kappa shape index (κ3) is 2.28. The van der Waals surface area contributed by atoms with Gasteiger partial charge in [-0.25, -0.2) is 0 Å². The molecular formula is C10H17NO4. The highest BCUT2D eigenvalue weighted by molar-refractivity contribution is 5.83. The number of carboxylic acids is 2. The summed E-state index contributed by atoms with van der Waals surface area (Å²) in [5, 5.41) is 17.8. The maximum atomic E-state index is 11.1. The average Bonchev–Trinajstić information content (AvgIpc) is 2.80. The Hall–Kier alpha value is -1.10. The van der Waals surface area contributed by atoms with Crippen molar-refractivity contribution in [3.05, 3.63) is 0 Å². The van der Waals surface area contributed by atoms with Gasteiger partial charge in [-0.1, -0.05) is 13.8 Å². The van der Waals surface area contributed by atoms with E-state index in [9.17, 15) is 9.59 Å². The number of rotatable bonds is 5. The van der Waals surface area contributed by atoms with Gasteiger partial charge in [0.25, 0.3) is 0 Å². The summed E-state index contributed by atoms with van der Waals surface area (Å²) in [4.78, 5) is 21.8. The van der Waals surface area contributed by atoms with Crippen molar-refractivity contribution in [2.75, 3.05) is 0 Å². The van der Waals surface area contributed by atoms with Crippen molar-refractivity contribution in [2.24, 2.45) is 23.5 Å². The maximum absolute atomic E-state index is 11.1. The molecule has 0 radical (unpaired) electrons. The smallest absolute Gasteiger partial charge is 0.324 e. The summed E-state index contributed by atoms with van der Waals surface area (Å²) >= 11 is 0. The summed E-state index contributed by atoms with van der Waals surface area (Å²) in [6, 6.07) is 0. The predicted octanol–water partition coefficient (Wildman–Crippen LogP) is 0.535. The number of hydrogen-bond donors (Lipinski definition) is 3. The Morgan fingerprint density at radius 2 is 2.00 bits per heavy atom. The molecule has 1 aliphatic carbocycles. The summed E-state index contributed by atoms with van der Waals surface area (Å²) in [5.74, 6) is -2.90. The Morgan fingerprint density at radius 3 is 2.27 bits per heavy atom. The molecule has 3 atom stereocenters. The average molecular weight is 215 g/mol. The molecule has 1 aliphatic rings. The second-order valence-corrected chi connectivity index (χ2v) is 4.73. The van der Waals surface area contributed by atoms with Crippen LogP contribution in [0.3, 0.4) is 0 Å². The van der Waals surface area contributed by atoms with E-state index in [1.807, 2.05) is 13.8 Å². The minimum Gasteiger partial charge on any atom is -0.481 e. The second-order valence-electron chi connectivity index (χ2n) is 4.73. The molecule has 0 aromatic rings. The Balaban J connectivity index is 2.76. The van der Waals surface area contributed by atoms with E-state index in [-0.39, 0.29) is 5.92 Å². The lowest BCUT2D eigenvalue weighted by molar-refractivity contribution is -0.145. The monoisotopic (exact) mass is 215 g/mol. The van der Waals surface area contributed by atoms with Crippen LogP contribution in [0.2, 0.25) is 0 Å². The van der Waals surface area contributed by atoms with Crippen LogP contribution in [0.25, 0.3) is 0 Å². The Kier molecular flexibility index (Phi) is 3.04. The van der Waals surface area contributed by atoms with Gasteiger partial charge in [-0.3, -0.25) is 9.59 Å². The normalized spacial score (nSPS) is 28.5. The number of carboxylic acid groups (broad SMARTS) is 2. The van der Waals surface area contributed by atoms with E-state index in [4.69, 9.17) is 15.9 Å². The Labute approximate surface area is 88.3 Å². The van der Waals surface area contributed by atoms with Crippen LogP contribution in [-0.4, -0.2) is 27.7 Å². The first-order valence-corrected chi connectivity index (χ1v) is 5.04. The van der Waals surface area contributed by atoms with Gasteiger partial charge in [-0.05, 0) is 18.8 Å². The molecule has 86 valence electrons. The molecule has 0 heterocycles. The quantitative estimate of drug-likeness (QED) is 0.621. The highest BCUT2D eigenvalue weighted by Crippen LogP contribution is 2.47.